The first-order chi connectivity index (χ1) is 12.3. The van der Waals surface area contributed by atoms with E-state index in [9.17, 15) is 4.79 Å². The summed E-state index contributed by atoms with van der Waals surface area (Å²) in [5, 5.41) is 0. The van der Waals surface area contributed by atoms with E-state index in [-0.39, 0.29) is 5.78 Å². The molecule has 4 atom stereocenters. The number of hydrogen-bond acceptors (Lipinski definition) is 2. The van der Waals surface area contributed by atoms with Crippen LogP contribution in [0.3, 0.4) is 0 Å². The highest BCUT2D eigenvalue weighted by Gasteiger charge is 2.37. The topological polar surface area (TPSA) is 20.3 Å². The summed E-state index contributed by atoms with van der Waals surface area (Å²) in [6, 6.07) is 11.0. The van der Waals surface area contributed by atoms with E-state index in [0.717, 1.165) is 30.7 Å². The molecule has 4 unspecified atom stereocenters. The smallest absolute Gasteiger partial charge is 0.159 e. The molecule has 0 spiro atoms. The molecular formula is C23H31NO. The second kappa shape index (κ2) is 7.76. The van der Waals surface area contributed by atoms with Crippen molar-refractivity contribution in [2.75, 3.05) is 6.54 Å². The Kier molecular flexibility index (Phi) is 5.24. The summed E-state index contributed by atoms with van der Waals surface area (Å²) in [5.41, 5.74) is 1.34. The molecule has 134 valence electrons. The number of fused-ring (bicyclic) bond motifs is 1. The molecule has 2 aliphatic carbocycles. The van der Waals surface area contributed by atoms with Crippen molar-refractivity contribution in [1.82, 2.24) is 4.90 Å². The zero-order valence-corrected chi connectivity index (χ0v) is 15.3. The van der Waals surface area contributed by atoms with Crippen LogP contribution in [0.2, 0.25) is 0 Å². The number of benzene rings is 1. The fraction of sp³-hybridized carbons (Fsp3) is 0.609. The van der Waals surface area contributed by atoms with E-state index in [4.69, 9.17) is 0 Å². The summed E-state index contributed by atoms with van der Waals surface area (Å²) >= 11 is 0. The SMILES string of the molecule is O=C1C=CN(CCC2CCC3CCCCC32)C(Cc2ccccc2)C1. The summed E-state index contributed by atoms with van der Waals surface area (Å²) in [7, 11) is 0. The van der Waals surface area contributed by atoms with Gasteiger partial charge in [0.1, 0.15) is 0 Å². The van der Waals surface area contributed by atoms with E-state index in [1.54, 1.807) is 6.08 Å². The van der Waals surface area contributed by atoms with Crippen molar-refractivity contribution >= 4 is 5.78 Å². The fourth-order valence-electron chi connectivity index (χ4n) is 5.58. The zero-order valence-electron chi connectivity index (χ0n) is 15.3. The lowest BCUT2D eigenvalue weighted by Gasteiger charge is -2.35. The molecule has 1 aliphatic heterocycles. The van der Waals surface area contributed by atoms with Crippen molar-refractivity contribution in [3.05, 3.63) is 48.2 Å². The molecule has 0 aromatic heterocycles. The Bertz CT molecular complexity index is 608. The Morgan fingerprint density at radius 3 is 2.72 bits per heavy atom. The van der Waals surface area contributed by atoms with Gasteiger partial charge < -0.3 is 4.90 Å². The second-order valence-corrected chi connectivity index (χ2v) is 8.40. The largest absolute Gasteiger partial charge is 0.373 e. The third-order valence-corrected chi connectivity index (χ3v) is 6.91. The van der Waals surface area contributed by atoms with Crippen molar-refractivity contribution in [2.45, 2.75) is 63.8 Å². The van der Waals surface area contributed by atoms with Gasteiger partial charge in [0.05, 0.1) is 0 Å². The summed E-state index contributed by atoms with van der Waals surface area (Å²) in [6.07, 6.45) is 15.6. The van der Waals surface area contributed by atoms with Crippen LogP contribution in [0, 0.1) is 17.8 Å². The molecule has 0 amide bonds. The van der Waals surface area contributed by atoms with Crippen molar-refractivity contribution in [1.29, 1.82) is 0 Å². The van der Waals surface area contributed by atoms with E-state index < -0.39 is 0 Å². The minimum atomic E-state index is 0.283. The molecule has 4 rings (SSSR count). The number of carbonyl (C=O) groups is 1. The van der Waals surface area contributed by atoms with E-state index in [1.807, 2.05) is 0 Å². The van der Waals surface area contributed by atoms with E-state index >= 15 is 0 Å². The third-order valence-electron chi connectivity index (χ3n) is 6.91. The fourth-order valence-corrected chi connectivity index (χ4v) is 5.58. The van der Waals surface area contributed by atoms with Gasteiger partial charge >= 0.3 is 0 Å². The molecule has 2 fully saturated rings. The Morgan fingerprint density at radius 1 is 1.00 bits per heavy atom. The Balaban J connectivity index is 1.37. The van der Waals surface area contributed by atoms with E-state index in [0.29, 0.717) is 12.5 Å². The highest BCUT2D eigenvalue weighted by atomic mass is 16.1. The third kappa shape index (κ3) is 3.99. The van der Waals surface area contributed by atoms with Gasteiger partial charge in [-0.2, -0.15) is 0 Å². The number of ketones is 1. The normalized spacial score (nSPS) is 32.0. The van der Waals surface area contributed by atoms with E-state index in [2.05, 4.69) is 41.4 Å². The Labute approximate surface area is 152 Å². The molecule has 2 saturated carbocycles. The zero-order chi connectivity index (χ0) is 17.1. The minimum absolute atomic E-state index is 0.283. The van der Waals surface area contributed by atoms with Crippen LogP contribution < -0.4 is 0 Å². The van der Waals surface area contributed by atoms with Crippen LogP contribution in [0.15, 0.2) is 42.6 Å². The van der Waals surface area contributed by atoms with Gasteiger partial charge in [-0.15, -0.1) is 0 Å². The van der Waals surface area contributed by atoms with Gasteiger partial charge in [-0.1, -0.05) is 49.6 Å². The first kappa shape index (κ1) is 16.9. The number of carbonyl (C=O) groups excluding carboxylic acids is 1. The molecule has 1 heterocycles. The van der Waals surface area contributed by atoms with Gasteiger partial charge in [0.25, 0.3) is 0 Å². The lowest BCUT2D eigenvalue weighted by atomic mass is 9.77. The minimum Gasteiger partial charge on any atom is -0.373 e. The summed E-state index contributed by atoms with van der Waals surface area (Å²) in [4.78, 5) is 14.4. The standard InChI is InChI=1S/C23H31NO/c25-22-13-15-24(21(17-22)16-18-6-2-1-3-7-18)14-12-20-11-10-19-8-4-5-9-23(19)20/h1-3,6-7,13,15,19-21,23H,4-5,8-12,14,16-17H2. The van der Waals surface area contributed by atoms with Gasteiger partial charge in [0.15, 0.2) is 5.78 Å². The molecule has 1 aromatic carbocycles. The summed E-state index contributed by atoms with van der Waals surface area (Å²) in [5.74, 6) is 3.23. The molecule has 0 bridgehead atoms. The van der Waals surface area contributed by atoms with Gasteiger partial charge in [0.2, 0.25) is 0 Å². The van der Waals surface area contributed by atoms with E-state index in [1.165, 1.54) is 50.5 Å². The molecule has 0 saturated heterocycles. The average molecular weight is 338 g/mol. The summed E-state index contributed by atoms with van der Waals surface area (Å²) in [6.45, 7) is 1.12. The van der Waals surface area contributed by atoms with Crippen molar-refractivity contribution in [2.24, 2.45) is 17.8 Å². The van der Waals surface area contributed by atoms with Gasteiger partial charge in [-0.25, -0.2) is 0 Å². The van der Waals surface area contributed by atoms with Crippen LogP contribution in [-0.2, 0) is 11.2 Å². The van der Waals surface area contributed by atoms with Gasteiger partial charge in [-0.05, 0) is 61.5 Å². The molecule has 2 heteroatoms. The summed E-state index contributed by atoms with van der Waals surface area (Å²) < 4.78 is 0. The quantitative estimate of drug-likeness (QED) is 0.754. The number of hydrogen-bond donors (Lipinski definition) is 0. The second-order valence-electron chi connectivity index (χ2n) is 8.40. The van der Waals surface area contributed by atoms with Gasteiger partial charge in [-0.3, -0.25) is 4.79 Å². The Morgan fingerprint density at radius 2 is 1.84 bits per heavy atom. The first-order valence-electron chi connectivity index (χ1n) is 10.3. The molecule has 0 radical (unpaired) electrons. The molecular weight excluding hydrogens is 306 g/mol. The first-order valence-corrected chi connectivity index (χ1v) is 10.3. The highest BCUT2D eigenvalue weighted by Crippen LogP contribution is 2.47. The maximum Gasteiger partial charge on any atom is 0.159 e. The number of allylic oxidation sites excluding steroid dienone is 1. The number of nitrogens with zero attached hydrogens (tertiary/aromatic N) is 1. The maximum atomic E-state index is 11.9. The molecule has 1 aromatic rings. The van der Waals surface area contributed by atoms with Crippen molar-refractivity contribution in [3.8, 4) is 0 Å². The van der Waals surface area contributed by atoms with Gasteiger partial charge in [0, 0.05) is 25.2 Å². The monoisotopic (exact) mass is 337 g/mol. The highest BCUT2D eigenvalue weighted by molar-refractivity contribution is 5.90. The van der Waals surface area contributed by atoms with Crippen molar-refractivity contribution < 1.29 is 4.79 Å². The molecule has 3 aliphatic rings. The van der Waals surface area contributed by atoms with Crippen LogP contribution in [0.5, 0.6) is 0 Å². The molecule has 25 heavy (non-hydrogen) atoms. The Hall–Kier alpha value is -1.57. The average Bonchev–Trinajstić information content (AvgIpc) is 3.05. The van der Waals surface area contributed by atoms with Crippen LogP contribution in [-0.4, -0.2) is 23.3 Å². The van der Waals surface area contributed by atoms with Crippen LogP contribution in [0.25, 0.3) is 0 Å². The lowest BCUT2D eigenvalue weighted by Crippen LogP contribution is -2.38. The maximum absolute atomic E-state index is 11.9. The van der Waals surface area contributed by atoms with Crippen LogP contribution in [0.1, 0.15) is 56.9 Å². The van der Waals surface area contributed by atoms with Crippen molar-refractivity contribution in [3.63, 3.8) is 0 Å². The molecule has 2 nitrogen and oxygen atoms in total. The molecule has 0 N–H and O–H groups in total. The predicted octanol–water partition coefficient (Wildman–Crippen LogP) is 4.99. The van der Waals surface area contributed by atoms with Crippen LogP contribution >= 0.6 is 0 Å². The lowest BCUT2D eigenvalue weighted by molar-refractivity contribution is -0.116. The number of rotatable bonds is 5. The predicted molar refractivity (Wildman–Crippen MR) is 102 cm³/mol. The van der Waals surface area contributed by atoms with Crippen LogP contribution in [0.4, 0.5) is 0 Å².